The van der Waals surface area contributed by atoms with Crippen molar-refractivity contribution >= 4 is 0 Å². The summed E-state index contributed by atoms with van der Waals surface area (Å²) in [6, 6.07) is 7.43. The monoisotopic (exact) mass is 200 g/mol. The molecule has 2 heterocycles. The summed E-state index contributed by atoms with van der Waals surface area (Å²) >= 11 is 0. The third kappa shape index (κ3) is 2.02. The van der Waals surface area contributed by atoms with Crippen LogP contribution in [0.3, 0.4) is 0 Å². The summed E-state index contributed by atoms with van der Waals surface area (Å²) < 4.78 is 0. The topological polar surface area (TPSA) is 46.0 Å². The molecule has 2 rings (SSSR count). The molecule has 1 atom stereocenters. The molecule has 0 spiro atoms. The molecule has 3 nitrogen and oxygen atoms in total. The van der Waals surface area contributed by atoms with Crippen molar-refractivity contribution in [3.8, 4) is 0 Å². The van der Waals surface area contributed by atoms with Crippen LogP contribution in [0, 0.1) is 6.92 Å². The van der Waals surface area contributed by atoms with Gasteiger partial charge in [-0.3, -0.25) is 9.97 Å². The van der Waals surface area contributed by atoms with E-state index in [0.29, 0.717) is 5.69 Å². The highest BCUT2D eigenvalue weighted by Gasteiger charge is 2.13. The Morgan fingerprint density at radius 1 is 1.20 bits per heavy atom. The molecule has 0 aliphatic carbocycles. The first kappa shape index (κ1) is 9.80. The predicted octanol–water partition coefficient (Wildman–Crippen LogP) is 1.87. The van der Waals surface area contributed by atoms with Gasteiger partial charge in [-0.25, -0.2) is 0 Å². The van der Waals surface area contributed by atoms with Crippen LogP contribution < -0.4 is 0 Å². The van der Waals surface area contributed by atoms with Crippen LogP contribution in [0.4, 0.5) is 0 Å². The molecule has 2 aromatic rings. The number of hydrogen-bond acceptors (Lipinski definition) is 3. The molecule has 0 bridgehead atoms. The summed E-state index contributed by atoms with van der Waals surface area (Å²) in [7, 11) is 0. The molecule has 0 aliphatic heterocycles. The molecular weight excluding hydrogens is 188 g/mol. The number of hydrogen-bond donors (Lipinski definition) is 1. The van der Waals surface area contributed by atoms with Gasteiger partial charge in [0, 0.05) is 24.2 Å². The normalized spacial score (nSPS) is 12.4. The highest BCUT2D eigenvalue weighted by atomic mass is 16.3. The smallest absolute Gasteiger partial charge is 0.123 e. The van der Waals surface area contributed by atoms with E-state index in [9.17, 15) is 5.11 Å². The molecule has 1 unspecified atom stereocenters. The first-order chi connectivity index (χ1) is 7.29. The van der Waals surface area contributed by atoms with E-state index in [-0.39, 0.29) is 0 Å². The van der Waals surface area contributed by atoms with Crippen LogP contribution in [0.25, 0.3) is 0 Å². The molecule has 15 heavy (non-hydrogen) atoms. The van der Waals surface area contributed by atoms with Crippen molar-refractivity contribution in [3.05, 3.63) is 59.7 Å². The van der Waals surface area contributed by atoms with Crippen LogP contribution in [0.1, 0.15) is 22.9 Å². The van der Waals surface area contributed by atoms with E-state index < -0.39 is 6.10 Å². The molecule has 76 valence electrons. The van der Waals surface area contributed by atoms with Crippen LogP contribution in [0.5, 0.6) is 0 Å². The van der Waals surface area contributed by atoms with Gasteiger partial charge >= 0.3 is 0 Å². The second-order valence-corrected chi connectivity index (χ2v) is 3.39. The van der Waals surface area contributed by atoms with Crippen LogP contribution in [-0.4, -0.2) is 15.1 Å². The fourth-order valence-electron chi connectivity index (χ4n) is 1.48. The Morgan fingerprint density at radius 3 is 2.67 bits per heavy atom. The second kappa shape index (κ2) is 4.19. The standard InChI is InChI=1S/C12H12N2O/c1-9-4-2-7-14-11(9)12(15)10-5-3-6-13-8-10/h2-8,12,15H,1H3. The predicted molar refractivity (Wildman–Crippen MR) is 57.3 cm³/mol. The average molecular weight is 200 g/mol. The summed E-state index contributed by atoms with van der Waals surface area (Å²) in [6.45, 7) is 1.93. The molecule has 0 saturated carbocycles. The third-order valence-electron chi connectivity index (χ3n) is 2.31. The molecule has 0 amide bonds. The molecule has 0 aliphatic rings. The summed E-state index contributed by atoms with van der Waals surface area (Å²) in [4.78, 5) is 8.15. The molecule has 3 heteroatoms. The number of aryl methyl sites for hydroxylation is 1. The van der Waals surface area contributed by atoms with Crippen molar-refractivity contribution in [3.63, 3.8) is 0 Å². The maximum Gasteiger partial charge on any atom is 0.123 e. The third-order valence-corrected chi connectivity index (χ3v) is 2.31. The molecular formula is C12H12N2O. The lowest BCUT2D eigenvalue weighted by molar-refractivity contribution is 0.214. The number of aliphatic hydroxyl groups excluding tert-OH is 1. The molecule has 0 radical (unpaired) electrons. The fraction of sp³-hybridized carbons (Fsp3) is 0.167. The highest BCUT2D eigenvalue weighted by Crippen LogP contribution is 2.21. The van der Waals surface area contributed by atoms with E-state index >= 15 is 0 Å². The maximum atomic E-state index is 10.1. The molecule has 0 saturated heterocycles. The lowest BCUT2D eigenvalue weighted by Crippen LogP contribution is -2.04. The van der Waals surface area contributed by atoms with Crippen LogP contribution in [0.15, 0.2) is 42.9 Å². The number of pyridine rings is 2. The highest BCUT2D eigenvalue weighted by molar-refractivity contribution is 5.28. The first-order valence-electron chi connectivity index (χ1n) is 4.78. The summed E-state index contributed by atoms with van der Waals surface area (Å²) in [5, 5.41) is 10.1. The van der Waals surface area contributed by atoms with Gasteiger partial charge in [0.2, 0.25) is 0 Å². The largest absolute Gasteiger partial charge is 0.382 e. The van der Waals surface area contributed by atoms with E-state index in [2.05, 4.69) is 9.97 Å². The Kier molecular flexibility index (Phi) is 2.74. The van der Waals surface area contributed by atoms with E-state index in [4.69, 9.17) is 0 Å². The van der Waals surface area contributed by atoms with Crippen molar-refractivity contribution in [2.24, 2.45) is 0 Å². The minimum Gasteiger partial charge on any atom is -0.382 e. The SMILES string of the molecule is Cc1cccnc1C(O)c1cccnc1. The number of rotatable bonds is 2. The van der Waals surface area contributed by atoms with Crippen molar-refractivity contribution < 1.29 is 5.11 Å². The Bertz CT molecular complexity index is 442. The van der Waals surface area contributed by atoms with E-state index in [0.717, 1.165) is 11.1 Å². The Morgan fingerprint density at radius 2 is 2.00 bits per heavy atom. The lowest BCUT2D eigenvalue weighted by Gasteiger charge is -2.11. The maximum absolute atomic E-state index is 10.1. The summed E-state index contributed by atoms with van der Waals surface area (Å²) in [5.41, 5.74) is 2.43. The van der Waals surface area contributed by atoms with Crippen LogP contribution in [0.2, 0.25) is 0 Å². The Labute approximate surface area is 88.5 Å². The van der Waals surface area contributed by atoms with Gasteiger partial charge in [0.1, 0.15) is 6.10 Å². The summed E-state index contributed by atoms with van der Waals surface area (Å²) in [5.74, 6) is 0. The van der Waals surface area contributed by atoms with Gasteiger partial charge in [-0.15, -0.1) is 0 Å². The lowest BCUT2D eigenvalue weighted by atomic mass is 10.0. The average Bonchev–Trinajstić information content (AvgIpc) is 2.30. The van der Waals surface area contributed by atoms with Crippen molar-refractivity contribution in [2.75, 3.05) is 0 Å². The van der Waals surface area contributed by atoms with Crippen molar-refractivity contribution in [1.29, 1.82) is 0 Å². The van der Waals surface area contributed by atoms with Gasteiger partial charge in [0.15, 0.2) is 0 Å². The number of nitrogens with zero attached hydrogens (tertiary/aromatic N) is 2. The first-order valence-corrected chi connectivity index (χ1v) is 4.78. The zero-order valence-corrected chi connectivity index (χ0v) is 8.46. The Hall–Kier alpha value is -1.74. The zero-order chi connectivity index (χ0) is 10.7. The van der Waals surface area contributed by atoms with Crippen LogP contribution >= 0.6 is 0 Å². The van der Waals surface area contributed by atoms with Gasteiger partial charge in [0.25, 0.3) is 0 Å². The van der Waals surface area contributed by atoms with Gasteiger partial charge in [-0.05, 0) is 24.6 Å². The number of aliphatic hydroxyl groups is 1. The van der Waals surface area contributed by atoms with Gasteiger partial charge in [-0.2, -0.15) is 0 Å². The van der Waals surface area contributed by atoms with Gasteiger partial charge < -0.3 is 5.11 Å². The van der Waals surface area contributed by atoms with Crippen LogP contribution in [-0.2, 0) is 0 Å². The fourth-order valence-corrected chi connectivity index (χ4v) is 1.48. The Balaban J connectivity index is 2.37. The van der Waals surface area contributed by atoms with E-state index in [1.54, 1.807) is 24.7 Å². The van der Waals surface area contributed by atoms with Crippen molar-refractivity contribution in [2.45, 2.75) is 13.0 Å². The van der Waals surface area contributed by atoms with Crippen molar-refractivity contribution in [1.82, 2.24) is 9.97 Å². The molecule has 1 N–H and O–H groups in total. The summed E-state index contributed by atoms with van der Waals surface area (Å²) in [6.07, 6.45) is 4.32. The quantitative estimate of drug-likeness (QED) is 0.804. The number of aromatic nitrogens is 2. The van der Waals surface area contributed by atoms with E-state index in [1.807, 2.05) is 25.1 Å². The zero-order valence-electron chi connectivity index (χ0n) is 8.46. The second-order valence-electron chi connectivity index (χ2n) is 3.39. The minimum absolute atomic E-state index is 0.686. The minimum atomic E-state index is -0.695. The molecule has 0 aromatic carbocycles. The van der Waals surface area contributed by atoms with Gasteiger partial charge in [0.05, 0.1) is 5.69 Å². The molecule has 0 fully saturated rings. The van der Waals surface area contributed by atoms with Gasteiger partial charge in [-0.1, -0.05) is 12.1 Å². The molecule has 2 aromatic heterocycles. The van der Waals surface area contributed by atoms with E-state index in [1.165, 1.54) is 0 Å².